The Morgan fingerprint density at radius 3 is 2.63 bits per heavy atom. The van der Waals surface area contributed by atoms with Gasteiger partial charge in [-0.05, 0) is 37.3 Å². The van der Waals surface area contributed by atoms with Crippen LogP contribution in [-0.4, -0.2) is 45.7 Å². The lowest BCUT2D eigenvalue weighted by molar-refractivity contribution is 0.0360. The average molecular weight is 300 g/mol. The fourth-order valence-corrected chi connectivity index (χ4v) is 4.68. The monoisotopic (exact) mass is 300 g/mol. The van der Waals surface area contributed by atoms with E-state index in [0.717, 1.165) is 35.9 Å². The molecule has 0 amide bonds. The molecule has 1 aliphatic heterocycles. The molecule has 2 rings (SSSR count). The Morgan fingerprint density at radius 2 is 2.11 bits per heavy atom. The van der Waals surface area contributed by atoms with E-state index in [9.17, 15) is 5.11 Å². The molecule has 1 aromatic heterocycles. The Bertz CT molecular complexity index is 400. The van der Waals surface area contributed by atoms with Crippen molar-refractivity contribution in [2.24, 2.45) is 0 Å². The number of hydrogen-bond acceptors (Lipinski definition) is 5. The van der Waals surface area contributed by atoms with Crippen LogP contribution in [0.1, 0.15) is 42.5 Å². The molecule has 19 heavy (non-hydrogen) atoms. The van der Waals surface area contributed by atoms with Crippen LogP contribution in [0, 0.1) is 0 Å². The molecule has 0 saturated carbocycles. The van der Waals surface area contributed by atoms with Gasteiger partial charge in [0.1, 0.15) is 5.01 Å². The van der Waals surface area contributed by atoms with E-state index >= 15 is 0 Å². The summed E-state index contributed by atoms with van der Waals surface area (Å²) < 4.78 is 0. The van der Waals surface area contributed by atoms with Gasteiger partial charge in [-0.3, -0.25) is 4.90 Å². The molecule has 0 spiro atoms. The molecule has 1 saturated heterocycles. The lowest BCUT2D eigenvalue weighted by Crippen LogP contribution is -2.51. The van der Waals surface area contributed by atoms with Crippen molar-refractivity contribution in [2.45, 2.75) is 44.7 Å². The second kappa shape index (κ2) is 6.57. The highest BCUT2D eigenvalue weighted by molar-refractivity contribution is 7.99. The van der Waals surface area contributed by atoms with Gasteiger partial charge in [0.25, 0.3) is 0 Å². The van der Waals surface area contributed by atoms with E-state index in [-0.39, 0.29) is 12.1 Å². The highest BCUT2D eigenvalue weighted by Crippen LogP contribution is 2.33. The van der Waals surface area contributed by atoms with Crippen molar-refractivity contribution in [1.29, 1.82) is 0 Å². The number of hydrogen-bond donors (Lipinski definition) is 1. The van der Waals surface area contributed by atoms with E-state index in [1.807, 2.05) is 18.0 Å². The molecule has 1 aromatic rings. The number of nitrogens with zero attached hydrogens (tertiary/aromatic N) is 2. The normalized spacial score (nSPS) is 19.3. The molecule has 5 heteroatoms. The van der Waals surface area contributed by atoms with Crippen LogP contribution in [0.25, 0.3) is 0 Å². The summed E-state index contributed by atoms with van der Waals surface area (Å²) in [5.74, 6) is 2.86. The SMILES string of the molecule is CC(C)c1cnc(CN(C)C2(CO)CCSCC2)s1. The van der Waals surface area contributed by atoms with E-state index in [0.29, 0.717) is 5.92 Å². The van der Waals surface area contributed by atoms with Crippen LogP contribution in [0.15, 0.2) is 6.20 Å². The summed E-state index contributed by atoms with van der Waals surface area (Å²) in [6, 6.07) is 0. The van der Waals surface area contributed by atoms with Gasteiger partial charge < -0.3 is 5.11 Å². The lowest BCUT2D eigenvalue weighted by atomic mass is 9.91. The molecule has 0 bridgehead atoms. The molecular weight excluding hydrogens is 276 g/mol. The third-order valence-electron chi connectivity index (χ3n) is 4.04. The third kappa shape index (κ3) is 3.51. The van der Waals surface area contributed by atoms with Crippen molar-refractivity contribution in [3.63, 3.8) is 0 Å². The second-order valence-electron chi connectivity index (χ2n) is 5.66. The van der Waals surface area contributed by atoms with Gasteiger partial charge in [0.05, 0.1) is 13.2 Å². The van der Waals surface area contributed by atoms with Gasteiger partial charge in [-0.15, -0.1) is 11.3 Å². The lowest BCUT2D eigenvalue weighted by Gasteiger charge is -2.42. The first-order chi connectivity index (χ1) is 9.07. The maximum Gasteiger partial charge on any atom is 0.107 e. The summed E-state index contributed by atoms with van der Waals surface area (Å²) in [7, 11) is 2.13. The highest BCUT2D eigenvalue weighted by Gasteiger charge is 2.35. The van der Waals surface area contributed by atoms with Gasteiger partial charge >= 0.3 is 0 Å². The van der Waals surface area contributed by atoms with Crippen molar-refractivity contribution in [3.8, 4) is 0 Å². The highest BCUT2D eigenvalue weighted by atomic mass is 32.2. The Balaban J connectivity index is 2.03. The molecule has 0 aromatic carbocycles. The predicted octanol–water partition coefficient (Wildman–Crippen LogP) is 2.96. The molecular formula is C14H24N2OS2. The number of rotatable bonds is 5. The summed E-state index contributed by atoms with van der Waals surface area (Å²) in [5, 5.41) is 11.0. The fourth-order valence-electron chi connectivity index (χ4n) is 2.45. The fraction of sp³-hybridized carbons (Fsp3) is 0.786. The first-order valence-electron chi connectivity index (χ1n) is 6.92. The summed E-state index contributed by atoms with van der Waals surface area (Å²) in [6.07, 6.45) is 4.15. The zero-order valence-corrected chi connectivity index (χ0v) is 13.7. The van der Waals surface area contributed by atoms with Crippen LogP contribution in [0.4, 0.5) is 0 Å². The van der Waals surface area contributed by atoms with Crippen molar-refractivity contribution in [1.82, 2.24) is 9.88 Å². The van der Waals surface area contributed by atoms with Crippen LogP contribution in [0.3, 0.4) is 0 Å². The minimum atomic E-state index is -0.0328. The number of aliphatic hydroxyl groups is 1. The summed E-state index contributed by atoms with van der Waals surface area (Å²) in [6.45, 7) is 5.51. The van der Waals surface area contributed by atoms with Crippen molar-refractivity contribution in [3.05, 3.63) is 16.1 Å². The van der Waals surface area contributed by atoms with Gasteiger partial charge in [-0.2, -0.15) is 11.8 Å². The number of aromatic nitrogens is 1. The van der Waals surface area contributed by atoms with Gasteiger partial charge in [-0.1, -0.05) is 13.8 Å². The topological polar surface area (TPSA) is 36.4 Å². The first-order valence-corrected chi connectivity index (χ1v) is 8.89. The maximum atomic E-state index is 9.82. The molecule has 1 fully saturated rings. The average Bonchev–Trinajstić information content (AvgIpc) is 2.88. The molecule has 1 N–H and O–H groups in total. The Kier molecular flexibility index (Phi) is 5.29. The maximum absolute atomic E-state index is 9.82. The third-order valence-corrected chi connectivity index (χ3v) is 6.31. The second-order valence-corrected chi connectivity index (χ2v) is 8.03. The Morgan fingerprint density at radius 1 is 1.42 bits per heavy atom. The zero-order valence-electron chi connectivity index (χ0n) is 12.1. The molecule has 0 aliphatic carbocycles. The largest absolute Gasteiger partial charge is 0.394 e. The van der Waals surface area contributed by atoms with Gasteiger partial charge in [-0.25, -0.2) is 4.98 Å². The smallest absolute Gasteiger partial charge is 0.107 e. The van der Waals surface area contributed by atoms with Crippen LogP contribution < -0.4 is 0 Å². The minimum Gasteiger partial charge on any atom is -0.394 e. The predicted molar refractivity (Wildman–Crippen MR) is 84.0 cm³/mol. The zero-order chi connectivity index (χ0) is 13.9. The quantitative estimate of drug-likeness (QED) is 0.907. The first kappa shape index (κ1) is 15.3. The molecule has 3 nitrogen and oxygen atoms in total. The number of thiazole rings is 1. The van der Waals surface area contributed by atoms with Crippen molar-refractivity contribution in [2.75, 3.05) is 25.2 Å². The molecule has 0 radical (unpaired) electrons. The van der Waals surface area contributed by atoms with Gasteiger partial charge in [0.2, 0.25) is 0 Å². The Labute approximate surface area is 124 Å². The van der Waals surface area contributed by atoms with Gasteiger partial charge in [0.15, 0.2) is 0 Å². The van der Waals surface area contributed by atoms with Crippen LogP contribution in [0.2, 0.25) is 0 Å². The van der Waals surface area contributed by atoms with E-state index < -0.39 is 0 Å². The van der Waals surface area contributed by atoms with E-state index in [2.05, 4.69) is 30.8 Å². The molecule has 0 atom stereocenters. The van der Waals surface area contributed by atoms with Crippen LogP contribution in [-0.2, 0) is 6.54 Å². The van der Waals surface area contributed by atoms with Gasteiger partial charge in [0, 0.05) is 16.6 Å². The van der Waals surface area contributed by atoms with E-state index in [1.54, 1.807) is 11.3 Å². The molecule has 1 aliphatic rings. The van der Waals surface area contributed by atoms with E-state index in [1.165, 1.54) is 4.88 Å². The minimum absolute atomic E-state index is 0.0328. The van der Waals surface area contributed by atoms with Crippen LogP contribution >= 0.6 is 23.1 Å². The molecule has 0 unspecified atom stereocenters. The standard InChI is InChI=1S/C14H24N2OS2/c1-11(2)12-8-15-13(19-12)9-16(3)14(10-17)4-6-18-7-5-14/h8,11,17H,4-7,9-10H2,1-3H3. The number of thioether (sulfide) groups is 1. The summed E-state index contributed by atoms with van der Waals surface area (Å²) in [4.78, 5) is 8.19. The Hall–Kier alpha value is -0.100. The summed E-state index contributed by atoms with van der Waals surface area (Å²) >= 11 is 3.80. The number of likely N-dealkylation sites (N-methyl/N-ethyl adjacent to an activating group) is 1. The number of aliphatic hydroxyl groups excluding tert-OH is 1. The van der Waals surface area contributed by atoms with E-state index in [4.69, 9.17) is 0 Å². The molecule has 108 valence electrons. The van der Waals surface area contributed by atoms with Crippen molar-refractivity contribution >= 4 is 23.1 Å². The summed E-state index contributed by atoms with van der Waals surface area (Å²) in [5.41, 5.74) is -0.0328. The van der Waals surface area contributed by atoms with Crippen molar-refractivity contribution < 1.29 is 5.11 Å². The van der Waals surface area contributed by atoms with Crippen LogP contribution in [0.5, 0.6) is 0 Å². The molecule has 2 heterocycles.